The van der Waals surface area contributed by atoms with Gasteiger partial charge < -0.3 is 20.1 Å². The average Bonchev–Trinajstić information content (AvgIpc) is 3.07. The lowest BCUT2D eigenvalue weighted by molar-refractivity contribution is -0.274. The first-order valence-electron chi connectivity index (χ1n) is 9.55. The Labute approximate surface area is 173 Å². The van der Waals surface area contributed by atoms with E-state index in [9.17, 15) is 28.3 Å². The molecule has 0 saturated heterocycles. The molecule has 1 aliphatic rings. The number of hydrogen-bond acceptors (Lipinski definition) is 6. The molecular formula is C20H18F3N5O3. The van der Waals surface area contributed by atoms with Crippen molar-refractivity contribution in [3.8, 4) is 11.8 Å². The van der Waals surface area contributed by atoms with Crippen LogP contribution < -0.4 is 15.6 Å². The van der Waals surface area contributed by atoms with Crippen LogP contribution in [0.1, 0.15) is 25.3 Å². The van der Waals surface area contributed by atoms with Crippen molar-refractivity contribution in [2.75, 3.05) is 5.32 Å². The summed E-state index contributed by atoms with van der Waals surface area (Å²) in [6.07, 6.45) is -2.52. The number of nitrogens with zero attached hydrogens (tertiary/aromatic N) is 3. The van der Waals surface area contributed by atoms with E-state index in [2.05, 4.69) is 26.2 Å². The number of fused-ring (bicyclic) bond motifs is 1. The standard InChI is InChI=1S/C20H18F3N5O3/c21-20(22,23)31-14-4-1-12(2-5-14)26-18-17-16(7-8-25-19(17)30)28(27-18)15-6-3-13(29)9-11(15)10-24/h1-2,4-5,7-8,11,13,15,29H,3,6,9H2,(H,25,30)(H,26,27). The molecule has 3 N–H and O–H groups in total. The van der Waals surface area contributed by atoms with E-state index in [-0.39, 0.29) is 23.0 Å². The number of aromatic nitrogens is 3. The number of alkyl halides is 3. The van der Waals surface area contributed by atoms with Gasteiger partial charge in [0.1, 0.15) is 11.1 Å². The number of nitriles is 1. The van der Waals surface area contributed by atoms with Crippen molar-refractivity contribution >= 4 is 22.4 Å². The van der Waals surface area contributed by atoms with Crippen molar-refractivity contribution in [3.63, 3.8) is 0 Å². The maximum absolute atomic E-state index is 12.5. The number of halogens is 3. The van der Waals surface area contributed by atoms with Gasteiger partial charge in [0.15, 0.2) is 5.82 Å². The lowest BCUT2D eigenvalue weighted by atomic mass is 9.84. The zero-order chi connectivity index (χ0) is 22.2. The fourth-order valence-corrected chi connectivity index (χ4v) is 3.88. The molecule has 3 aromatic rings. The van der Waals surface area contributed by atoms with Crippen LogP contribution in [-0.4, -0.2) is 32.3 Å². The minimum atomic E-state index is -4.79. The molecular weight excluding hydrogens is 415 g/mol. The second-order valence-electron chi connectivity index (χ2n) is 7.33. The normalized spacial score (nSPS) is 21.6. The Kier molecular flexibility index (Phi) is 5.32. The summed E-state index contributed by atoms with van der Waals surface area (Å²) in [7, 11) is 0. The van der Waals surface area contributed by atoms with Gasteiger partial charge in [0, 0.05) is 11.9 Å². The third-order valence-electron chi connectivity index (χ3n) is 5.25. The Bertz CT molecular complexity index is 1180. The molecule has 0 spiro atoms. The van der Waals surface area contributed by atoms with Crippen LogP contribution in [0, 0.1) is 17.2 Å². The summed E-state index contributed by atoms with van der Waals surface area (Å²) < 4.78 is 42.5. The second kappa shape index (κ2) is 7.96. The van der Waals surface area contributed by atoms with Crippen molar-refractivity contribution in [2.45, 2.75) is 37.8 Å². The first-order chi connectivity index (χ1) is 14.7. The summed E-state index contributed by atoms with van der Waals surface area (Å²) >= 11 is 0. The molecule has 3 unspecified atom stereocenters. The van der Waals surface area contributed by atoms with Gasteiger partial charge in [0.05, 0.1) is 29.6 Å². The van der Waals surface area contributed by atoms with E-state index in [0.29, 0.717) is 30.5 Å². The van der Waals surface area contributed by atoms with Gasteiger partial charge in [0.2, 0.25) is 0 Å². The van der Waals surface area contributed by atoms with Crippen molar-refractivity contribution < 1.29 is 23.0 Å². The Morgan fingerprint density at radius 2 is 2.00 bits per heavy atom. The van der Waals surface area contributed by atoms with E-state index < -0.39 is 23.9 Å². The molecule has 3 atom stereocenters. The highest BCUT2D eigenvalue weighted by atomic mass is 19.4. The van der Waals surface area contributed by atoms with E-state index in [1.807, 2.05) is 0 Å². The number of aliphatic hydroxyl groups is 1. The SMILES string of the molecule is N#CC1CC(O)CCC1n1nc(Nc2ccc(OC(F)(F)F)cc2)c2c(=O)[nH]ccc21. The molecule has 4 rings (SSSR count). The van der Waals surface area contributed by atoms with Crippen LogP contribution in [0.5, 0.6) is 5.75 Å². The van der Waals surface area contributed by atoms with E-state index in [1.54, 1.807) is 10.7 Å². The van der Waals surface area contributed by atoms with Crippen LogP contribution in [0.2, 0.25) is 0 Å². The molecule has 31 heavy (non-hydrogen) atoms. The molecule has 2 heterocycles. The van der Waals surface area contributed by atoms with Gasteiger partial charge in [-0.05, 0) is 49.6 Å². The highest BCUT2D eigenvalue weighted by Crippen LogP contribution is 2.37. The average molecular weight is 433 g/mol. The zero-order valence-electron chi connectivity index (χ0n) is 16.1. The molecule has 11 heteroatoms. The molecule has 0 aliphatic heterocycles. The van der Waals surface area contributed by atoms with Crippen molar-refractivity contribution in [1.29, 1.82) is 5.26 Å². The number of aromatic amines is 1. The number of aliphatic hydroxyl groups excluding tert-OH is 1. The molecule has 1 fully saturated rings. The van der Waals surface area contributed by atoms with Crippen LogP contribution in [0.15, 0.2) is 41.3 Å². The molecule has 162 valence electrons. The number of rotatable bonds is 4. The van der Waals surface area contributed by atoms with Gasteiger partial charge in [-0.1, -0.05) is 0 Å². The van der Waals surface area contributed by atoms with Crippen LogP contribution in [-0.2, 0) is 0 Å². The van der Waals surface area contributed by atoms with Crippen LogP contribution in [0.3, 0.4) is 0 Å². The fraction of sp³-hybridized carbons (Fsp3) is 0.350. The monoisotopic (exact) mass is 433 g/mol. The molecule has 8 nitrogen and oxygen atoms in total. The molecule has 1 saturated carbocycles. The Balaban J connectivity index is 1.69. The molecule has 0 amide bonds. The predicted molar refractivity (Wildman–Crippen MR) is 105 cm³/mol. The number of H-pyrrole nitrogens is 1. The summed E-state index contributed by atoms with van der Waals surface area (Å²) in [6, 6.07) is 8.60. The van der Waals surface area contributed by atoms with Crippen LogP contribution >= 0.6 is 0 Å². The van der Waals surface area contributed by atoms with Gasteiger partial charge >= 0.3 is 6.36 Å². The lowest BCUT2D eigenvalue weighted by Gasteiger charge is -2.30. The minimum absolute atomic E-state index is 0.212. The number of anilines is 2. The number of pyridine rings is 1. The maximum Gasteiger partial charge on any atom is 0.573 e. The topological polar surface area (TPSA) is 116 Å². The minimum Gasteiger partial charge on any atom is -0.406 e. The van der Waals surface area contributed by atoms with E-state index in [4.69, 9.17) is 0 Å². The van der Waals surface area contributed by atoms with Gasteiger partial charge in [-0.3, -0.25) is 9.48 Å². The van der Waals surface area contributed by atoms with Gasteiger partial charge in [-0.25, -0.2) is 0 Å². The van der Waals surface area contributed by atoms with E-state index in [1.165, 1.54) is 18.3 Å². The first kappa shape index (κ1) is 20.7. The summed E-state index contributed by atoms with van der Waals surface area (Å²) in [5.74, 6) is -0.633. The van der Waals surface area contributed by atoms with Gasteiger partial charge in [-0.15, -0.1) is 13.2 Å². The first-order valence-corrected chi connectivity index (χ1v) is 9.55. The zero-order valence-corrected chi connectivity index (χ0v) is 16.1. The van der Waals surface area contributed by atoms with Gasteiger partial charge in [0.25, 0.3) is 5.56 Å². The van der Waals surface area contributed by atoms with Crippen molar-refractivity contribution in [2.24, 2.45) is 5.92 Å². The Morgan fingerprint density at radius 1 is 1.26 bits per heavy atom. The summed E-state index contributed by atoms with van der Waals surface area (Å²) in [4.78, 5) is 15.1. The maximum atomic E-state index is 12.5. The summed E-state index contributed by atoms with van der Waals surface area (Å²) in [5, 5.41) is 27.2. The quantitative estimate of drug-likeness (QED) is 0.579. The van der Waals surface area contributed by atoms with Crippen LogP contribution in [0.25, 0.3) is 10.9 Å². The molecule has 1 aromatic carbocycles. The third kappa shape index (κ3) is 4.34. The van der Waals surface area contributed by atoms with E-state index in [0.717, 1.165) is 12.1 Å². The number of ether oxygens (including phenoxy) is 1. The smallest absolute Gasteiger partial charge is 0.406 e. The molecule has 2 aromatic heterocycles. The predicted octanol–water partition coefficient (Wildman–Crippen LogP) is 3.59. The third-order valence-corrected chi connectivity index (χ3v) is 5.25. The molecule has 0 bridgehead atoms. The number of nitrogens with one attached hydrogen (secondary N) is 2. The fourth-order valence-electron chi connectivity index (χ4n) is 3.88. The molecule has 0 radical (unpaired) electrons. The Hall–Kier alpha value is -3.52. The van der Waals surface area contributed by atoms with Crippen LogP contribution in [0.4, 0.5) is 24.7 Å². The highest BCUT2D eigenvalue weighted by Gasteiger charge is 2.33. The number of hydrogen-bond donors (Lipinski definition) is 3. The Morgan fingerprint density at radius 3 is 2.68 bits per heavy atom. The lowest BCUT2D eigenvalue weighted by Crippen LogP contribution is -2.29. The van der Waals surface area contributed by atoms with Crippen molar-refractivity contribution in [3.05, 3.63) is 46.9 Å². The summed E-state index contributed by atoms with van der Waals surface area (Å²) in [6.45, 7) is 0. The highest BCUT2D eigenvalue weighted by molar-refractivity contribution is 5.91. The van der Waals surface area contributed by atoms with Crippen molar-refractivity contribution in [1.82, 2.24) is 14.8 Å². The number of benzene rings is 1. The van der Waals surface area contributed by atoms with E-state index >= 15 is 0 Å². The largest absolute Gasteiger partial charge is 0.573 e. The second-order valence-corrected chi connectivity index (χ2v) is 7.33. The molecule has 1 aliphatic carbocycles. The van der Waals surface area contributed by atoms with Gasteiger partial charge in [-0.2, -0.15) is 10.4 Å². The summed E-state index contributed by atoms with van der Waals surface area (Å²) in [5.41, 5.74) is 0.526.